The van der Waals surface area contributed by atoms with Crippen LogP contribution in [0.1, 0.15) is 0 Å². The van der Waals surface area contributed by atoms with E-state index < -0.39 is 0 Å². The van der Waals surface area contributed by atoms with Gasteiger partial charge in [0.1, 0.15) is 11.6 Å². The fraction of sp³-hybridized carbons (Fsp3) is 0. The molecule has 71 heavy (non-hydrogen) atoms. The Morgan fingerprint density at radius 1 is 0.310 bits per heavy atom. The number of pyridine rings is 3. The second kappa shape index (κ2) is 20.0. The first kappa shape index (κ1) is 44.6. The molecule has 0 radical (unpaired) electrons. The molecular weight excluding hydrogens is 1050 g/mol. The molecule has 336 valence electrons. The van der Waals surface area contributed by atoms with Crippen molar-refractivity contribution in [3.63, 3.8) is 0 Å². The summed E-state index contributed by atoms with van der Waals surface area (Å²) in [5.41, 5.74) is 17.4. The molecule has 0 aliphatic carbocycles. The second-order valence-electron chi connectivity index (χ2n) is 16.8. The molecule has 0 spiro atoms. The van der Waals surface area contributed by atoms with E-state index in [0.717, 1.165) is 107 Å². The van der Waals surface area contributed by atoms with Crippen molar-refractivity contribution >= 4 is 0 Å². The van der Waals surface area contributed by atoms with Crippen molar-refractivity contribution in [3.8, 4) is 112 Å². The molecule has 12 rings (SSSR count). The number of benzene rings is 7. The van der Waals surface area contributed by atoms with E-state index in [1.54, 1.807) is 0 Å². The molecule has 12 aromatic rings. The summed E-state index contributed by atoms with van der Waals surface area (Å²) in [7, 11) is 0. The van der Waals surface area contributed by atoms with Crippen LogP contribution in [0.2, 0.25) is 0 Å². The van der Waals surface area contributed by atoms with Gasteiger partial charge < -0.3 is 15.0 Å². The van der Waals surface area contributed by atoms with Crippen LogP contribution in [-0.2, 0) is 20.1 Å². The maximum Gasteiger partial charge on any atom is 3.00 e. The standard InChI is InChI=1S/C63H40N7.Ir/c1-5-15-44(16-6-1)45-25-27-46(28-26-45)57-40-61(49-21-11-4-12-22-49)68-43-58(57)56-24-14-13-23-55(56)50-37-51(62-64-33-35-69(62)53-29-31-59(66-41-53)47-17-7-2-8-18-47)39-52(38-50)63-65-34-36-70(63)54-30-32-60(67-42-54)48-19-9-3-10-20-48;/h1-17,19,21,23-43H;/q-3;+3. The van der Waals surface area contributed by atoms with Crippen molar-refractivity contribution in [1.82, 2.24) is 34.1 Å². The summed E-state index contributed by atoms with van der Waals surface area (Å²) in [6.45, 7) is 0. The van der Waals surface area contributed by atoms with Gasteiger partial charge in [0.25, 0.3) is 0 Å². The summed E-state index contributed by atoms with van der Waals surface area (Å²) >= 11 is 0. The number of rotatable bonds is 11. The van der Waals surface area contributed by atoms with Gasteiger partial charge >= 0.3 is 20.1 Å². The van der Waals surface area contributed by atoms with Crippen molar-refractivity contribution in [3.05, 3.63) is 262 Å². The zero-order chi connectivity index (χ0) is 46.6. The Balaban J connectivity index is 0.00000547. The van der Waals surface area contributed by atoms with Crippen LogP contribution in [0.3, 0.4) is 0 Å². The SMILES string of the molecule is [Ir+3].[c-]1ccccc1-c1ccc(-n2ccnc2-c2cc(-c3ccccc3-c3cnc(-c4[c-]cccc4)cc3-c3ccc(-c4ccccc4)cc3)cc(-c3nccn3-c3ccc(-c4[c-]cccc4)nc3)c2)cn1. The van der Waals surface area contributed by atoms with Gasteiger partial charge in [-0.15, -0.1) is 108 Å². The molecule has 0 aliphatic rings. The van der Waals surface area contributed by atoms with Crippen LogP contribution >= 0.6 is 0 Å². The van der Waals surface area contributed by atoms with Crippen LogP contribution in [0.4, 0.5) is 0 Å². The molecule has 0 saturated carbocycles. The van der Waals surface area contributed by atoms with Crippen molar-refractivity contribution < 1.29 is 20.1 Å². The van der Waals surface area contributed by atoms with Gasteiger partial charge in [-0.2, -0.15) is 0 Å². The number of nitrogens with zero attached hydrogens (tertiary/aromatic N) is 7. The van der Waals surface area contributed by atoms with Crippen molar-refractivity contribution in [2.75, 3.05) is 0 Å². The van der Waals surface area contributed by atoms with E-state index in [9.17, 15) is 0 Å². The minimum atomic E-state index is 0. The molecule has 0 bridgehead atoms. The van der Waals surface area contributed by atoms with E-state index in [1.807, 2.05) is 128 Å². The second-order valence-corrected chi connectivity index (χ2v) is 16.8. The van der Waals surface area contributed by atoms with Crippen LogP contribution in [-0.4, -0.2) is 34.1 Å². The Morgan fingerprint density at radius 2 is 0.775 bits per heavy atom. The van der Waals surface area contributed by atoms with Gasteiger partial charge in [-0.3, -0.25) is 9.13 Å². The predicted molar refractivity (Wildman–Crippen MR) is 280 cm³/mol. The van der Waals surface area contributed by atoms with Gasteiger partial charge in [-0.25, -0.2) is 9.97 Å². The van der Waals surface area contributed by atoms with E-state index in [0.29, 0.717) is 0 Å². The summed E-state index contributed by atoms with van der Waals surface area (Å²) in [6, 6.07) is 78.5. The number of hydrogen-bond acceptors (Lipinski definition) is 5. The Hall–Kier alpha value is -8.94. The first-order chi connectivity index (χ1) is 34.7. The van der Waals surface area contributed by atoms with Crippen molar-refractivity contribution in [1.29, 1.82) is 0 Å². The molecule has 5 aromatic heterocycles. The van der Waals surface area contributed by atoms with Crippen LogP contribution in [0.15, 0.2) is 244 Å². The van der Waals surface area contributed by atoms with Crippen LogP contribution in [0, 0.1) is 18.2 Å². The molecule has 0 atom stereocenters. The van der Waals surface area contributed by atoms with Gasteiger partial charge in [0.2, 0.25) is 0 Å². The van der Waals surface area contributed by atoms with Crippen LogP contribution in [0.25, 0.3) is 112 Å². The summed E-state index contributed by atoms with van der Waals surface area (Å²) < 4.78 is 4.16. The maximum atomic E-state index is 5.10. The minimum absolute atomic E-state index is 0. The predicted octanol–water partition coefficient (Wildman–Crippen LogP) is 14.6. The summed E-state index contributed by atoms with van der Waals surface area (Å²) in [6.07, 6.45) is 13.4. The third-order valence-electron chi connectivity index (χ3n) is 12.5. The molecule has 8 heteroatoms. The zero-order valence-corrected chi connectivity index (χ0v) is 40.5. The third-order valence-corrected chi connectivity index (χ3v) is 12.5. The average Bonchev–Trinajstić information content (AvgIpc) is 4.16. The quantitative estimate of drug-likeness (QED) is 0.121. The van der Waals surface area contributed by atoms with E-state index in [-0.39, 0.29) is 20.1 Å². The molecule has 0 unspecified atom stereocenters. The van der Waals surface area contributed by atoms with Crippen LogP contribution in [0.5, 0.6) is 0 Å². The van der Waals surface area contributed by atoms with Gasteiger partial charge in [0.15, 0.2) is 0 Å². The first-order valence-corrected chi connectivity index (χ1v) is 23.0. The minimum Gasteiger partial charge on any atom is -0.304 e. The van der Waals surface area contributed by atoms with E-state index in [1.165, 1.54) is 5.56 Å². The summed E-state index contributed by atoms with van der Waals surface area (Å²) in [4.78, 5) is 24.8. The third kappa shape index (κ3) is 9.09. The Bertz CT molecular complexity index is 3580. The monoisotopic (exact) mass is 1090 g/mol. The number of imidazole rings is 2. The van der Waals surface area contributed by atoms with Crippen molar-refractivity contribution in [2.45, 2.75) is 0 Å². The zero-order valence-electron chi connectivity index (χ0n) is 38.1. The molecule has 0 aliphatic heterocycles. The molecule has 7 aromatic carbocycles. The first-order valence-electron chi connectivity index (χ1n) is 23.0. The number of hydrogen-bond donors (Lipinski definition) is 0. The Morgan fingerprint density at radius 3 is 1.30 bits per heavy atom. The normalized spacial score (nSPS) is 11.0. The summed E-state index contributed by atoms with van der Waals surface area (Å²) in [5.74, 6) is 1.52. The average molecular weight is 1090 g/mol. The smallest absolute Gasteiger partial charge is 0.304 e. The largest absolute Gasteiger partial charge is 3.00 e. The van der Waals surface area contributed by atoms with Gasteiger partial charge in [0, 0.05) is 60.1 Å². The Kier molecular flexibility index (Phi) is 12.5. The fourth-order valence-electron chi connectivity index (χ4n) is 9.02. The molecule has 0 saturated heterocycles. The van der Waals surface area contributed by atoms with Gasteiger partial charge in [-0.1, -0.05) is 97.1 Å². The number of aromatic nitrogens is 7. The molecule has 7 nitrogen and oxygen atoms in total. The van der Waals surface area contributed by atoms with Gasteiger partial charge in [0.05, 0.1) is 11.4 Å². The molecular formula is C63H40IrN7. The Labute approximate surface area is 425 Å². The van der Waals surface area contributed by atoms with E-state index >= 15 is 0 Å². The topological polar surface area (TPSA) is 74.3 Å². The van der Waals surface area contributed by atoms with Crippen LogP contribution < -0.4 is 0 Å². The fourth-order valence-corrected chi connectivity index (χ4v) is 9.02. The van der Waals surface area contributed by atoms with Crippen molar-refractivity contribution in [2.24, 2.45) is 0 Å². The molecule has 0 amide bonds. The van der Waals surface area contributed by atoms with E-state index in [2.05, 4.69) is 143 Å². The molecule has 5 heterocycles. The van der Waals surface area contributed by atoms with Gasteiger partial charge in [-0.05, 0) is 86.4 Å². The van der Waals surface area contributed by atoms with E-state index in [4.69, 9.17) is 24.9 Å². The molecule has 0 fully saturated rings. The molecule has 0 N–H and O–H groups in total. The summed E-state index contributed by atoms with van der Waals surface area (Å²) in [5, 5.41) is 0. The maximum absolute atomic E-state index is 5.10.